The van der Waals surface area contributed by atoms with Gasteiger partial charge in [-0.1, -0.05) is 25.6 Å². The summed E-state index contributed by atoms with van der Waals surface area (Å²) in [6.07, 6.45) is -7.19. The number of ether oxygens (including phenoxy) is 1. The lowest BCUT2D eigenvalue weighted by atomic mass is 9.87. The number of rotatable bonds is 24. The zero-order valence-corrected chi connectivity index (χ0v) is 34.4. The third-order valence-electron chi connectivity index (χ3n) is 8.03. The highest BCUT2D eigenvalue weighted by molar-refractivity contribution is 8.13. The number of nitrogens with one attached hydrogen (secondary N) is 3. The molecule has 2 unspecified atom stereocenters. The quantitative estimate of drug-likeness (QED) is 0.0405. The lowest BCUT2D eigenvalue weighted by molar-refractivity contribution is -0.138. The van der Waals surface area contributed by atoms with Crippen LogP contribution in [0.4, 0.5) is 5.82 Å². The standard InChI is InChI=1S/C27H45N8O19P3S/c1-27(2,21(40)24(41)31-7-6-16(36)30-8-9-58-26(42)14(29-3)4-5-17(37)38)11-51-57(48,49)54-56(46,47)50-10-15-20(53-55(43,44)45)19(39)25(52-15)35-13-34-18-22(28)32-12-33-23(18)35/h12-15,19-21,25,29,39-40H,4-11H2,1-3H3,(H,30,36)(H,31,41)(H,37,38)(H,46,47)(H,48,49)(H2,28,32,33)(H2,43,44,45)/t14-,15+,19+,20+,21-,25+/m0/s1. The molecule has 31 heteroatoms. The van der Waals surface area contributed by atoms with Gasteiger partial charge in [-0.25, -0.2) is 28.6 Å². The topological polar surface area (TPSA) is 413 Å². The molecule has 0 aliphatic carbocycles. The molecule has 0 radical (unpaired) electrons. The average Bonchev–Trinajstić information content (AvgIpc) is 3.68. The molecule has 1 saturated heterocycles. The van der Waals surface area contributed by atoms with E-state index < -0.39 is 96.6 Å². The fourth-order valence-electron chi connectivity index (χ4n) is 5.03. The fraction of sp³-hybridized carbons (Fsp3) is 0.667. The number of phosphoric ester groups is 3. The van der Waals surface area contributed by atoms with Crippen molar-refractivity contribution in [1.29, 1.82) is 0 Å². The number of aliphatic carboxylic acids is 1. The number of aliphatic hydroxyl groups is 2. The van der Waals surface area contributed by atoms with Crippen molar-refractivity contribution >= 4 is 75.1 Å². The highest BCUT2D eigenvalue weighted by Gasteiger charge is 2.50. The summed E-state index contributed by atoms with van der Waals surface area (Å²) in [6.45, 7) is 0.218. The number of hydrogen-bond donors (Lipinski definition) is 11. The Morgan fingerprint density at radius 2 is 1.71 bits per heavy atom. The zero-order chi connectivity index (χ0) is 43.6. The average molecular weight is 911 g/mol. The summed E-state index contributed by atoms with van der Waals surface area (Å²) in [5.41, 5.74) is 4.20. The number of anilines is 1. The Balaban J connectivity index is 1.47. The Hall–Kier alpha value is -3.01. The van der Waals surface area contributed by atoms with Gasteiger partial charge in [0.15, 0.2) is 17.7 Å². The molecule has 1 aliphatic rings. The van der Waals surface area contributed by atoms with Crippen LogP contribution in [0.2, 0.25) is 0 Å². The molecule has 0 aromatic carbocycles. The molecule has 12 N–H and O–H groups in total. The lowest BCUT2D eigenvalue weighted by Crippen LogP contribution is -2.46. The number of nitrogens with two attached hydrogens (primary N) is 1. The maximum absolute atomic E-state index is 12.7. The highest BCUT2D eigenvalue weighted by atomic mass is 32.2. The summed E-state index contributed by atoms with van der Waals surface area (Å²) in [6, 6.07) is -0.672. The van der Waals surface area contributed by atoms with Crippen molar-refractivity contribution in [2.75, 3.05) is 44.8 Å². The number of carboxylic acid groups (broad SMARTS) is 1. The molecule has 2 amide bonds. The van der Waals surface area contributed by atoms with Gasteiger partial charge in [-0.05, 0) is 13.5 Å². The first-order valence-electron chi connectivity index (χ1n) is 16.8. The van der Waals surface area contributed by atoms with E-state index in [0.717, 1.165) is 29.0 Å². The second kappa shape index (κ2) is 21.0. The van der Waals surface area contributed by atoms with Crippen LogP contribution in [0.5, 0.6) is 0 Å². The second-order valence-corrected chi connectivity index (χ2v) is 18.3. The molecule has 0 saturated carbocycles. The molecule has 1 aliphatic heterocycles. The normalized spacial score (nSPS) is 21.8. The van der Waals surface area contributed by atoms with Crippen molar-refractivity contribution < 1.29 is 90.4 Å². The molecule has 8 atom stereocenters. The monoisotopic (exact) mass is 910 g/mol. The van der Waals surface area contributed by atoms with E-state index in [1.54, 1.807) is 0 Å². The van der Waals surface area contributed by atoms with E-state index in [9.17, 15) is 62.7 Å². The maximum atomic E-state index is 12.7. The minimum Gasteiger partial charge on any atom is -0.481 e. The van der Waals surface area contributed by atoms with Crippen LogP contribution in [0.3, 0.4) is 0 Å². The smallest absolute Gasteiger partial charge is 0.481 e. The molecule has 0 spiro atoms. The van der Waals surface area contributed by atoms with Crippen LogP contribution in [-0.4, -0.2) is 147 Å². The summed E-state index contributed by atoms with van der Waals surface area (Å²) in [5, 5.41) is 37.5. The fourth-order valence-corrected chi connectivity index (χ4v) is 8.70. The first-order chi connectivity index (χ1) is 26.9. The van der Waals surface area contributed by atoms with E-state index in [0.29, 0.717) is 0 Å². The van der Waals surface area contributed by atoms with Crippen molar-refractivity contribution in [3.63, 3.8) is 0 Å². The van der Waals surface area contributed by atoms with Gasteiger partial charge in [0.1, 0.15) is 36.3 Å². The number of nitrogen functional groups attached to an aromatic ring is 1. The van der Waals surface area contributed by atoms with E-state index in [1.807, 2.05) is 0 Å². The Kier molecular flexibility index (Phi) is 17.9. The number of fused-ring (bicyclic) bond motifs is 1. The predicted octanol–water partition coefficient (Wildman–Crippen LogP) is -1.88. The second-order valence-electron chi connectivity index (χ2n) is 13.0. The molecule has 58 heavy (non-hydrogen) atoms. The number of aliphatic hydroxyl groups excluding tert-OH is 2. The maximum Gasteiger partial charge on any atom is 0.481 e. The Morgan fingerprint density at radius 3 is 2.34 bits per heavy atom. The predicted molar refractivity (Wildman–Crippen MR) is 197 cm³/mol. The summed E-state index contributed by atoms with van der Waals surface area (Å²) in [4.78, 5) is 98.5. The molecule has 27 nitrogen and oxygen atoms in total. The van der Waals surface area contributed by atoms with Gasteiger partial charge in [-0.3, -0.25) is 37.3 Å². The van der Waals surface area contributed by atoms with Crippen molar-refractivity contribution in [3.8, 4) is 0 Å². The number of thioether (sulfide) groups is 1. The van der Waals surface area contributed by atoms with Crippen molar-refractivity contribution in [3.05, 3.63) is 12.7 Å². The highest BCUT2D eigenvalue weighted by Crippen LogP contribution is 2.61. The number of carbonyl (C=O) groups is 4. The van der Waals surface area contributed by atoms with Crippen LogP contribution in [0, 0.1) is 5.41 Å². The summed E-state index contributed by atoms with van der Waals surface area (Å²) < 4.78 is 62.0. The first-order valence-corrected chi connectivity index (χ1v) is 22.3. The van der Waals surface area contributed by atoms with Gasteiger partial charge in [0.2, 0.25) is 16.9 Å². The van der Waals surface area contributed by atoms with Crippen LogP contribution in [-0.2, 0) is 55.5 Å². The number of nitrogens with zero attached hydrogens (tertiary/aromatic N) is 4. The van der Waals surface area contributed by atoms with Crippen molar-refractivity contribution in [1.82, 2.24) is 35.5 Å². The molecule has 2 aromatic rings. The van der Waals surface area contributed by atoms with E-state index in [-0.39, 0.29) is 60.2 Å². The van der Waals surface area contributed by atoms with Crippen LogP contribution in [0.25, 0.3) is 11.2 Å². The third-order valence-corrected chi connectivity index (χ3v) is 12.1. The van der Waals surface area contributed by atoms with Gasteiger partial charge >= 0.3 is 29.4 Å². The number of phosphoric acid groups is 3. The number of hydrogen-bond acceptors (Lipinski definition) is 20. The molecule has 328 valence electrons. The number of amides is 2. The van der Waals surface area contributed by atoms with E-state index in [2.05, 4.69) is 39.7 Å². The minimum atomic E-state index is -5.59. The van der Waals surface area contributed by atoms with Gasteiger partial charge < -0.3 is 61.3 Å². The number of carboxylic acids is 1. The van der Waals surface area contributed by atoms with Crippen LogP contribution >= 0.6 is 35.2 Å². The van der Waals surface area contributed by atoms with Crippen molar-refractivity contribution in [2.24, 2.45) is 5.41 Å². The Morgan fingerprint density at radius 1 is 1.03 bits per heavy atom. The number of likely N-dealkylation sites (N-methyl/N-ethyl adjacent to an activating group) is 1. The minimum absolute atomic E-state index is 0.0193. The van der Waals surface area contributed by atoms with E-state index >= 15 is 0 Å². The van der Waals surface area contributed by atoms with Gasteiger partial charge in [0.25, 0.3) is 0 Å². The molecule has 3 rings (SSSR count). The molecule has 3 heterocycles. The van der Waals surface area contributed by atoms with Gasteiger partial charge in [-0.2, -0.15) is 4.31 Å². The first kappa shape index (κ1) is 49.4. The molecular weight excluding hydrogens is 865 g/mol. The molecule has 1 fully saturated rings. The molecular formula is C27H45N8O19P3S. The van der Waals surface area contributed by atoms with Crippen LogP contribution in [0.15, 0.2) is 12.7 Å². The van der Waals surface area contributed by atoms with Crippen LogP contribution in [0.1, 0.15) is 39.3 Å². The molecule has 0 bridgehead atoms. The molecule has 2 aromatic heterocycles. The van der Waals surface area contributed by atoms with E-state index in [1.165, 1.54) is 20.9 Å². The summed E-state index contributed by atoms with van der Waals surface area (Å²) >= 11 is 0.899. The Bertz CT molecular complexity index is 1920. The third kappa shape index (κ3) is 14.9. The number of aromatic nitrogens is 4. The lowest BCUT2D eigenvalue weighted by Gasteiger charge is -2.30. The van der Waals surface area contributed by atoms with Gasteiger partial charge in [0, 0.05) is 37.1 Å². The van der Waals surface area contributed by atoms with Gasteiger partial charge in [-0.15, -0.1) is 0 Å². The van der Waals surface area contributed by atoms with Crippen LogP contribution < -0.4 is 21.7 Å². The Labute approximate surface area is 333 Å². The van der Waals surface area contributed by atoms with Crippen molar-refractivity contribution in [2.45, 2.75) is 69.8 Å². The largest absolute Gasteiger partial charge is 0.481 e. The number of imidazole rings is 1. The van der Waals surface area contributed by atoms with E-state index in [4.69, 9.17) is 24.6 Å². The number of carbonyl (C=O) groups excluding carboxylic acids is 3. The van der Waals surface area contributed by atoms with Gasteiger partial charge in [0.05, 0.1) is 25.6 Å². The zero-order valence-electron chi connectivity index (χ0n) is 30.9. The summed E-state index contributed by atoms with van der Waals surface area (Å²) in [7, 11) is -14.9. The summed E-state index contributed by atoms with van der Waals surface area (Å²) in [5.74, 6) is -2.43. The SMILES string of the molecule is CN[C@@H](CCC(=O)O)C(=O)SCCNC(=O)CCNC(=O)[C@H](O)C(C)(C)COP(=O)(O)OP(=O)(O)OC[C@H]1O[C@@H](n2cnc3c(N)ncnc32)[C@H](O)[C@@H]1OP(=O)(O)O.